The van der Waals surface area contributed by atoms with Crippen LogP contribution in [-0.2, 0) is 24.3 Å². The molecule has 4 aromatic rings. The van der Waals surface area contributed by atoms with Crippen molar-refractivity contribution in [2.45, 2.75) is 19.5 Å². The summed E-state index contributed by atoms with van der Waals surface area (Å²) in [6.07, 6.45) is 5.25. The van der Waals surface area contributed by atoms with E-state index in [0.717, 1.165) is 10.9 Å². The van der Waals surface area contributed by atoms with Crippen LogP contribution in [0.4, 0.5) is 8.78 Å². The number of carbonyl (C=O) groups excluding carboxylic acids is 1. The number of hydrogen-bond donors (Lipinski definition) is 4. The van der Waals surface area contributed by atoms with Crippen LogP contribution in [0.15, 0.2) is 61.6 Å². The zero-order valence-corrected chi connectivity index (χ0v) is 19.6. The summed E-state index contributed by atoms with van der Waals surface area (Å²) >= 11 is 6.15. The third-order valence-electron chi connectivity index (χ3n) is 5.62. The van der Waals surface area contributed by atoms with Crippen molar-refractivity contribution in [3.63, 3.8) is 0 Å². The zero-order chi connectivity index (χ0) is 24.9. The molecule has 1 amide bonds. The van der Waals surface area contributed by atoms with Crippen LogP contribution in [-0.4, -0.2) is 22.4 Å². The molecule has 0 atom stereocenters. The first-order chi connectivity index (χ1) is 16.8. The van der Waals surface area contributed by atoms with Gasteiger partial charge in [-0.25, -0.2) is 8.78 Å². The van der Waals surface area contributed by atoms with Gasteiger partial charge in [0.1, 0.15) is 11.6 Å². The standard InChI is InChI=1S/C26H24ClF2N5O/c1-15(32-13-20-7-21-22(27)14-33-25(21)8-24(20)29)19-5-17(10-31-12-19)4-18-3-2-16(6-23(18)28)11-34-26(35)9-30/h2-3,5-8,10,12,14,32-33H,1,4,9,11,13,30H2,(H,34,35). The van der Waals surface area contributed by atoms with Crippen LogP contribution in [0.2, 0.25) is 5.02 Å². The molecule has 180 valence electrons. The van der Waals surface area contributed by atoms with Crippen molar-refractivity contribution in [1.82, 2.24) is 20.6 Å². The van der Waals surface area contributed by atoms with E-state index in [9.17, 15) is 13.6 Å². The number of nitrogens with zero attached hydrogens (tertiary/aromatic N) is 1. The molecule has 0 aliphatic rings. The molecule has 0 radical (unpaired) electrons. The second-order valence-electron chi connectivity index (χ2n) is 8.12. The molecular weight excluding hydrogens is 472 g/mol. The van der Waals surface area contributed by atoms with E-state index in [1.165, 1.54) is 12.1 Å². The molecule has 0 bridgehead atoms. The average molecular weight is 496 g/mol. The van der Waals surface area contributed by atoms with Crippen molar-refractivity contribution in [2.75, 3.05) is 6.54 Å². The number of pyridine rings is 1. The molecule has 4 rings (SSSR count). The summed E-state index contributed by atoms with van der Waals surface area (Å²) in [7, 11) is 0. The van der Waals surface area contributed by atoms with E-state index >= 15 is 0 Å². The van der Waals surface area contributed by atoms with Gasteiger partial charge in [0.2, 0.25) is 5.91 Å². The van der Waals surface area contributed by atoms with E-state index in [0.29, 0.717) is 44.9 Å². The van der Waals surface area contributed by atoms with Gasteiger partial charge in [0.05, 0.1) is 11.6 Å². The second kappa shape index (κ2) is 10.7. The molecule has 2 aromatic carbocycles. The minimum atomic E-state index is -0.374. The maximum atomic E-state index is 14.6. The number of benzene rings is 2. The van der Waals surface area contributed by atoms with E-state index in [1.807, 2.05) is 6.07 Å². The molecule has 9 heteroatoms. The highest BCUT2D eigenvalue weighted by Crippen LogP contribution is 2.26. The minimum absolute atomic E-state index is 0.116. The van der Waals surface area contributed by atoms with Crippen molar-refractivity contribution >= 4 is 34.1 Å². The Morgan fingerprint density at radius 3 is 2.60 bits per heavy atom. The SMILES string of the molecule is C=C(NCc1cc2c(Cl)c[nH]c2cc1F)c1cncc(Cc2ccc(CNC(=O)CN)cc2F)c1. The quantitative estimate of drug-likeness (QED) is 0.276. The average Bonchev–Trinajstić information content (AvgIpc) is 3.21. The molecule has 5 N–H and O–H groups in total. The lowest BCUT2D eigenvalue weighted by Crippen LogP contribution is -2.29. The van der Waals surface area contributed by atoms with Gasteiger partial charge < -0.3 is 21.4 Å². The predicted octanol–water partition coefficient (Wildman–Crippen LogP) is 4.42. The number of aromatic amines is 1. The summed E-state index contributed by atoms with van der Waals surface area (Å²) in [5.41, 5.74) is 9.55. The number of halogens is 3. The first-order valence-corrected chi connectivity index (χ1v) is 11.3. The van der Waals surface area contributed by atoms with Gasteiger partial charge in [-0.15, -0.1) is 0 Å². The maximum Gasteiger partial charge on any atom is 0.234 e. The summed E-state index contributed by atoms with van der Waals surface area (Å²) in [6, 6.07) is 9.81. The molecule has 2 heterocycles. The fourth-order valence-corrected chi connectivity index (χ4v) is 3.89. The highest BCUT2D eigenvalue weighted by atomic mass is 35.5. The Kier molecular flexibility index (Phi) is 7.43. The lowest BCUT2D eigenvalue weighted by molar-refractivity contribution is -0.119. The molecule has 0 saturated heterocycles. The Morgan fingerprint density at radius 2 is 1.83 bits per heavy atom. The molecule has 0 spiro atoms. The van der Waals surface area contributed by atoms with Gasteiger partial charge in [-0.1, -0.05) is 30.3 Å². The molecule has 0 aliphatic heterocycles. The lowest BCUT2D eigenvalue weighted by atomic mass is 10.0. The number of nitrogens with two attached hydrogens (primary N) is 1. The highest BCUT2D eigenvalue weighted by Gasteiger charge is 2.11. The number of hydrogen-bond acceptors (Lipinski definition) is 4. The van der Waals surface area contributed by atoms with Crippen molar-refractivity contribution in [2.24, 2.45) is 5.73 Å². The summed E-state index contributed by atoms with van der Waals surface area (Å²) in [5.74, 6) is -1.03. The Labute approximate surface area is 206 Å². The van der Waals surface area contributed by atoms with Crippen LogP contribution < -0.4 is 16.4 Å². The van der Waals surface area contributed by atoms with Gasteiger partial charge in [0.15, 0.2) is 0 Å². The summed E-state index contributed by atoms with van der Waals surface area (Å²) in [5, 5.41) is 7.01. The van der Waals surface area contributed by atoms with Crippen LogP contribution >= 0.6 is 11.6 Å². The number of carbonyl (C=O) groups is 1. The van der Waals surface area contributed by atoms with Crippen LogP contribution in [0, 0.1) is 11.6 Å². The van der Waals surface area contributed by atoms with E-state index in [2.05, 4.69) is 27.2 Å². The zero-order valence-electron chi connectivity index (χ0n) is 18.8. The third kappa shape index (κ3) is 5.85. The number of nitrogens with one attached hydrogen (secondary N) is 3. The third-order valence-corrected chi connectivity index (χ3v) is 5.93. The molecule has 2 aromatic heterocycles. The molecule has 6 nitrogen and oxygen atoms in total. The highest BCUT2D eigenvalue weighted by molar-refractivity contribution is 6.35. The fourth-order valence-electron chi connectivity index (χ4n) is 3.68. The first-order valence-electron chi connectivity index (χ1n) is 10.9. The molecule has 0 unspecified atom stereocenters. The smallest absolute Gasteiger partial charge is 0.234 e. The number of rotatable bonds is 9. The van der Waals surface area contributed by atoms with Crippen LogP contribution in [0.3, 0.4) is 0 Å². The first kappa shape index (κ1) is 24.4. The van der Waals surface area contributed by atoms with Crippen LogP contribution in [0.5, 0.6) is 0 Å². The Balaban J connectivity index is 1.41. The van der Waals surface area contributed by atoms with Crippen LogP contribution in [0.1, 0.15) is 27.8 Å². The topological polar surface area (TPSA) is 95.8 Å². The second-order valence-corrected chi connectivity index (χ2v) is 8.53. The normalized spacial score (nSPS) is 11.0. The van der Waals surface area contributed by atoms with Crippen molar-refractivity contribution < 1.29 is 13.6 Å². The van der Waals surface area contributed by atoms with Gasteiger partial charge in [-0.05, 0) is 41.0 Å². The number of fused-ring (bicyclic) bond motifs is 1. The fraction of sp³-hybridized carbons (Fsp3) is 0.154. The van der Waals surface area contributed by atoms with Crippen LogP contribution in [0.25, 0.3) is 16.6 Å². The maximum absolute atomic E-state index is 14.6. The molecule has 0 saturated carbocycles. The lowest BCUT2D eigenvalue weighted by Gasteiger charge is -2.12. The van der Waals surface area contributed by atoms with E-state index in [-0.39, 0.29) is 37.2 Å². The molecule has 35 heavy (non-hydrogen) atoms. The van der Waals surface area contributed by atoms with Gasteiger partial charge >= 0.3 is 0 Å². The largest absolute Gasteiger partial charge is 0.381 e. The van der Waals surface area contributed by atoms with E-state index in [1.54, 1.807) is 36.8 Å². The summed E-state index contributed by atoms with van der Waals surface area (Å²) < 4.78 is 29.1. The molecule has 0 aliphatic carbocycles. The monoisotopic (exact) mass is 495 g/mol. The molecular formula is C26H24ClF2N5O. The van der Waals surface area contributed by atoms with Gasteiger partial charge in [0, 0.05) is 65.8 Å². The number of H-pyrrole nitrogens is 1. The van der Waals surface area contributed by atoms with Crippen molar-refractivity contribution in [1.29, 1.82) is 0 Å². The number of amides is 1. The summed E-state index contributed by atoms with van der Waals surface area (Å²) in [4.78, 5) is 18.5. The van der Waals surface area contributed by atoms with Crippen molar-refractivity contribution in [3.8, 4) is 0 Å². The van der Waals surface area contributed by atoms with Crippen molar-refractivity contribution in [3.05, 3.63) is 106 Å². The van der Waals surface area contributed by atoms with E-state index < -0.39 is 0 Å². The summed E-state index contributed by atoms with van der Waals surface area (Å²) in [6.45, 7) is 4.34. The Morgan fingerprint density at radius 1 is 1.03 bits per heavy atom. The van der Waals surface area contributed by atoms with Gasteiger partial charge in [-0.2, -0.15) is 0 Å². The Bertz CT molecular complexity index is 1400. The Hall–Kier alpha value is -3.75. The van der Waals surface area contributed by atoms with Gasteiger partial charge in [0.25, 0.3) is 0 Å². The van der Waals surface area contributed by atoms with E-state index in [4.69, 9.17) is 17.3 Å². The predicted molar refractivity (Wildman–Crippen MR) is 133 cm³/mol. The minimum Gasteiger partial charge on any atom is -0.381 e. The van der Waals surface area contributed by atoms with Gasteiger partial charge in [-0.3, -0.25) is 9.78 Å². The molecule has 0 fully saturated rings. The number of aromatic nitrogens is 2.